The highest BCUT2D eigenvalue weighted by molar-refractivity contribution is 6.34. The molecule has 0 spiro atoms. The van der Waals surface area contributed by atoms with E-state index in [-0.39, 0.29) is 16.3 Å². The molecule has 4 nitrogen and oxygen atoms in total. The van der Waals surface area contributed by atoms with Crippen molar-refractivity contribution >= 4 is 22.5 Å². The van der Waals surface area contributed by atoms with Crippen molar-refractivity contribution in [3.63, 3.8) is 0 Å². The zero-order chi connectivity index (χ0) is 13.4. The third-order valence-corrected chi connectivity index (χ3v) is 3.21. The monoisotopic (exact) mass is 272 g/mol. The summed E-state index contributed by atoms with van der Waals surface area (Å²) in [5, 5.41) is 9.82. The van der Waals surface area contributed by atoms with Gasteiger partial charge in [-0.1, -0.05) is 23.7 Å². The third-order valence-electron chi connectivity index (χ3n) is 2.93. The van der Waals surface area contributed by atoms with E-state index < -0.39 is 0 Å². The van der Waals surface area contributed by atoms with Crippen LogP contribution in [0.3, 0.4) is 0 Å². The van der Waals surface area contributed by atoms with Crippen molar-refractivity contribution in [2.45, 2.75) is 0 Å². The molecule has 0 bridgehead atoms. The van der Waals surface area contributed by atoms with Gasteiger partial charge in [0.1, 0.15) is 10.9 Å². The van der Waals surface area contributed by atoms with Crippen molar-refractivity contribution in [1.29, 1.82) is 0 Å². The van der Waals surface area contributed by atoms with E-state index in [4.69, 9.17) is 11.6 Å². The normalized spacial score (nSPS) is 10.8. The first-order valence-corrected chi connectivity index (χ1v) is 6.00. The van der Waals surface area contributed by atoms with Crippen molar-refractivity contribution in [3.05, 3.63) is 58.1 Å². The van der Waals surface area contributed by atoms with Crippen LogP contribution in [-0.2, 0) is 0 Å². The fourth-order valence-corrected chi connectivity index (χ4v) is 2.22. The molecule has 0 aliphatic carbocycles. The Morgan fingerprint density at radius 3 is 2.63 bits per heavy atom. The summed E-state index contributed by atoms with van der Waals surface area (Å²) in [7, 11) is 0. The lowest BCUT2D eigenvalue weighted by Gasteiger charge is -2.04. The number of hydrogen-bond acceptors (Lipinski definition) is 3. The largest absolute Gasteiger partial charge is 0.508 e. The number of pyridine rings is 2. The smallest absolute Gasteiger partial charge is 0.200 e. The molecule has 94 valence electrons. The summed E-state index contributed by atoms with van der Waals surface area (Å²) < 4.78 is 0. The number of nitrogens with zero attached hydrogens (tertiary/aromatic N) is 1. The highest BCUT2D eigenvalue weighted by Gasteiger charge is 2.10. The van der Waals surface area contributed by atoms with Gasteiger partial charge in [-0.25, -0.2) is 4.98 Å². The first-order valence-electron chi connectivity index (χ1n) is 5.62. The van der Waals surface area contributed by atoms with Crippen molar-refractivity contribution in [2.75, 3.05) is 0 Å². The van der Waals surface area contributed by atoms with E-state index in [1.807, 2.05) is 0 Å². The summed E-state index contributed by atoms with van der Waals surface area (Å²) in [5.74, 6) is 0.153. The standard InChI is InChI=1S/C14H9ClN2O2/c15-14-12-11(5-6-16-14)17-7-10(13(12)19)8-1-3-9(18)4-2-8/h1-7,18H,(H,17,19). The SMILES string of the molecule is O=c1c(-c2ccc(O)cc2)c[nH]c2ccnc(Cl)c12. The number of aromatic hydroxyl groups is 1. The van der Waals surface area contributed by atoms with Crippen LogP contribution in [0, 0.1) is 0 Å². The van der Waals surface area contributed by atoms with Gasteiger partial charge in [-0.2, -0.15) is 0 Å². The first-order chi connectivity index (χ1) is 9.16. The molecule has 2 heterocycles. The van der Waals surface area contributed by atoms with E-state index >= 15 is 0 Å². The summed E-state index contributed by atoms with van der Waals surface area (Å²) in [6.07, 6.45) is 3.17. The number of phenolic OH excluding ortho intramolecular Hbond substituents is 1. The Morgan fingerprint density at radius 1 is 1.16 bits per heavy atom. The number of rotatable bonds is 1. The number of fused-ring (bicyclic) bond motifs is 1. The number of aromatic amines is 1. The Labute approximate surface area is 113 Å². The number of aromatic nitrogens is 2. The maximum absolute atomic E-state index is 12.4. The van der Waals surface area contributed by atoms with Gasteiger partial charge in [-0.15, -0.1) is 0 Å². The minimum Gasteiger partial charge on any atom is -0.508 e. The number of H-pyrrole nitrogens is 1. The summed E-state index contributed by atoms with van der Waals surface area (Å²) in [6, 6.07) is 8.11. The lowest BCUT2D eigenvalue weighted by Crippen LogP contribution is -2.07. The molecule has 3 aromatic rings. The molecule has 0 saturated heterocycles. The van der Waals surface area contributed by atoms with Gasteiger partial charge in [-0.05, 0) is 23.8 Å². The zero-order valence-electron chi connectivity index (χ0n) is 9.72. The van der Waals surface area contributed by atoms with Gasteiger partial charge in [0.25, 0.3) is 0 Å². The molecule has 2 aromatic heterocycles. The molecule has 0 fully saturated rings. The molecule has 1 aromatic carbocycles. The maximum Gasteiger partial charge on any atom is 0.200 e. The predicted octanol–water partition coefficient (Wildman–Crippen LogP) is 2.95. The molecular formula is C14H9ClN2O2. The summed E-state index contributed by atoms with van der Waals surface area (Å²) in [5.41, 5.74) is 1.66. The summed E-state index contributed by atoms with van der Waals surface area (Å²) in [6.45, 7) is 0. The van der Waals surface area contributed by atoms with Gasteiger partial charge in [-0.3, -0.25) is 4.79 Å². The summed E-state index contributed by atoms with van der Waals surface area (Å²) in [4.78, 5) is 19.4. The Morgan fingerprint density at radius 2 is 1.89 bits per heavy atom. The van der Waals surface area contributed by atoms with Crippen LogP contribution >= 0.6 is 11.6 Å². The number of benzene rings is 1. The molecule has 0 radical (unpaired) electrons. The fraction of sp³-hybridized carbons (Fsp3) is 0. The lowest BCUT2D eigenvalue weighted by molar-refractivity contribution is 0.475. The quantitative estimate of drug-likeness (QED) is 0.669. The van der Waals surface area contributed by atoms with Crippen molar-refractivity contribution in [3.8, 4) is 16.9 Å². The number of halogens is 1. The van der Waals surface area contributed by atoms with Crippen LogP contribution in [0.15, 0.2) is 47.5 Å². The van der Waals surface area contributed by atoms with E-state index in [9.17, 15) is 9.90 Å². The van der Waals surface area contributed by atoms with E-state index in [1.165, 1.54) is 12.1 Å². The second kappa shape index (κ2) is 4.40. The average Bonchev–Trinajstić information content (AvgIpc) is 2.40. The van der Waals surface area contributed by atoms with Crippen LogP contribution in [-0.4, -0.2) is 15.1 Å². The Kier molecular flexibility index (Phi) is 2.72. The second-order valence-corrected chi connectivity index (χ2v) is 4.46. The Hall–Kier alpha value is -2.33. The molecule has 2 N–H and O–H groups in total. The van der Waals surface area contributed by atoms with Gasteiger partial charge in [0, 0.05) is 18.0 Å². The van der Waals surface area contributed by atoms with E-state index in [0.29, 0.717) is 22.0 Å². The highest BCUT2D eigenvalue weighted by Crippen LogP contribution is 2.22. The molecule has 0 amide bonds. The first kappa shape index (κ1) is 11.7. The van der Waals surface area contributed by atoms with Crippen LogP contribution in [0.5, 0.6) is 5.75 Å². The minimum absolute atomic E-state index is 0.153. The van der Waals surface area contributed by atoms with Gasteiger partial charge < -0.3 is 10.1 Å². The molecule has 5 heteroatoms. The van der Waals surface area contributed by atoms with E-state index in [2.05, 4.69) is 9.97 Å². The second-order valence-electron chi connectivity index (χ2n) is 4.10. The van der Waals surface area contributed by atoms with Crippen molar-refractivity contribution in [1.82, 2.24) is 9.97 Å². The molecule has 0 saturated carbocycles. The topological polar surface area (TPSA) is 66.0 Å². The number of hydrogen-bond donors (Lipinski definition) is 2. The fourth-order valence-electron chi connectivity index (χ4n) is 1.98. The number of phenols is 1. The van der Waals surface area contributed by atoms with Crippen LogP contribution in [0.25, 0.3) is 22.0 Å². The summed E-state index contributed by atoms with van der Waals surface area (Å²) >= 11 is 5.98. The molecule has 0 unspecified atom stereocenters. The maximum atomic E-state index is 12.4. The molecular weight excluding hydrogens is 264 g/mol. The lowest BCUT2D eigenvalue weighted by atomic mass is 10.1. The molecule has 0 atom stereocenters. The average molecular weight is 273 g/mol. The molecule has 0 aliphatic rings. The number of nitrogens with one attached hydrogen (secondary N) is 1. The van der Waals surface area contributed by atoms with Crippen LogP contribution in [0.2, 0.25) is 5.15 Å². The van der Waals surface area contributed by atoms with Crippen LogP contribution in [0.1, 0.15) is 0 Å². The van der Waals surface area contributed by atoms with Crippen LogP contribution in [0.4, 0.5) is 0 Å². The van der Waals surface area contributed by atoms with E-state index in [1.54, 1.807) is 30.6 Å². The predicted molar refractivity (Wildman–Crippen MR) is 74.5 cm³/mol. The molecule has 0 aliphatic heterocycles. The van der Waals surface area contributed by atoms with Gasteiger partial charge >= 0.3 is 0 Å². The van der Waals surface area contributed by atoms with Gasteiger partial charge in [0.2, 0.25) is 0 Å². The van der Waals surface area contributed by atoms with Gasteiger partial charge in [0.05, 0.1) is 10.9 Å². The van der Waals surface area contributed by atoms with E-state index in [0.717, 1.165) is 0 Å². The Bertz CT molecular complexity index is 810. The van der Waals surface area contributed by atoms with Crippen molar-refractivity contribution < 1.29 is 5.11 Å². The molecule has 3 rings (SSSR count). The highest BCUT2D eigenvalue weighted by atomic mass is 35.5. The van der Waals surface area contributed by atoms with Gasteiger partial charge in [0.15, 0.2) is 5.43 Å². The van der Waals surface area contributed by atoms with Crippen LogP contribution < -0.4 is 5.43 Å². The zero-order valence-corrected chi connectivity index (χ0v) is 10.5. The third kappa shape index (κ3) is 1.96. The minimum atomic E-state index is -0.183. The molecule has 19 heavy (non-hydrogen) atoms. The Balaban J connectivity index is 2.32. The van der Waals surface area contributed by atoms with Crippen molar-refractivity contribution in [2.24, 2.45) is 0 Å².